The molecule has 0 radical (unpaired) electrons. The molecule has 2 fully saturated rings. The summed E-state index contributed by atoms with van der Waals surface area (Å²) in [5.41, 5.74) is 3.82. The van der Waals surface area contributed by atoms with Crippen molar-refractivity contribution in [1.29, 1.82) is 0 Å². The van der Waals surface area contributed by atoms with E-state index in [4.69, 9.17) is 9.47 Å². The number of benzene rings is 3. The molecule has 2 amide bonds. The van der Waals surface area contributed by atoms with Gasteiger partial charge in [-0.15, -0.1) is 0 Å². The molecule has 0 unspecified atom stereocenters. The maximum atomic E-state index is 14.4. The lowest BCUT2D eigenvalue weighted by atomic mass is 9.90. The van der Waals surface area contributed by atoms with Crippen molar-refractivity contribution >= 4 is 11.8 Å². The molecule has 0 spiro atoms. The Morgan fingerprint density at radius 3 is 2.35 bits per heavy atom. The maximum absolute atomic E-state index is 14.4. The number of morpholine rings is 1. The smallest absolute Gasteiger partial charge is 0.257 e. The number of aromatic hydroxyl groups is 2. The van der Waals surface area contributed by atoms with Crippen molar-refractivity contribution < 1.29 is 33.7 Å². The molecule has 3 aromatic carbocycles. The third-order valence-electron chi connectivity index (χ3n) is 8.80. The predicted molar refractivity (Wildman–Crippen MR) is 178 cm³/mol. The number of nitrogens with zero attached hydrogens (tertiary/aromatic N) is 2. The first kappa shape index (κ1) is 32.9. The zero-order valence-electron chi connectivity index (χ0n) is 26.7. The summed E-state index contributed by atoms with van der Waals surface area (Å²) >= 11 is 0. The fourth-order valence-corrected chi connectivity index (χ4v) is 6.24. The lowest BCUT2D eigenvalue weighted by Crippen LogP contribution is -2.44. The molecule has 2 heterocycles. The zero-order valence-corrected chi connectivity index (χ0v) is 26.7. The summed E-state index contributed by atoms with van der Waals surface area (Å²) in [6, 6.07) is 18.3. The number of aryl methyl sites for hydroxylation is 1. The van der Waals surface area contributed by atoms with E-state index in [9.17, 15) is 24.2 Å². The summed E-state index contributed by atoms with van der Waals surface area (Å²) in [7, 11) is 0. The van der Waals surface area contributed by atoms with Crippen LogP contribution < -0.4 is 15.4 Å². The van der Waals surface area contributed by atoms with E-state index in [0.29, 0.717) is 51.2 Å². The van der Waals surface area contributed by atoms with Crippen LogP contribution in [-0.4, -0.2) is 70.3 Å². The van der Waals surface area contributed by atoms with Gasteiger partial charge in [-0.05, 0) is 91.8 Å². The van der Waals surface area contributed by atoms with Crippen LogP contribution in [0, 0.1) is 12.7 Å². The molecular formula is C37H39FN4O6. The summed E-state index contributed by atoms with van der Waals surface area (Å²) in [6.45, 7) is 5.43. The highest BCUT2D eigenvalue weighted by Crippen LogP contribution is 2.33. The first-order chi connectivity index (χ1) is 23.2. The molecule has 4 N–H and O–H groups in total. The van der Waals surface area contributed by atoms with E-state index in [1.54, 1.807) is 30.3 Å². The van der Waals surface area contributed by atoms with Crippen LogP contribution in [0.5, 0.6) is 23.1 Å². The molecule has 6 rings (SSSR count). The fraction of sp³-hybridized carbons (Fsp3) is 0.324. The second-order valence-electron chi connectivity index (χ2n) is 12.4. The summed E-state index contributed by atoms with van der Waals surface area (Å²) in [6.07, 6.45) is 3.49. The van der Waals surface area contributed by atoms with E-state index < -0.39 is 11.7 Å². The Kier molecular flexibility index (Phi) is 10.2. The van der Waals surface area contributed by atoms with Gasteiger partial charge in [-0.25, -0.2) is 9.37 Å². The van der Waals surface area contributed by atoms with Crippen molar-refractivity contribution in [2.45, 2.75) is 51.2 Å². The third-order valence-corrected chi connectivity index (χ3v) is 8.80. The highest BCUT2D eigenvalue weighted by Gasteiger charge is 2.27. The number of phenols is 2. The number of nitrogens with one attached hydrogen (secondary N) is 2. The number of rotatable bonds is 9. The lowest BCUT2D eigenvalue weighted by Gasteiger charge is -2.30. The number of aromatic nitrogens is 1. The largest absolute Gasteiger partial charge is 0.508 e. The van der Waals surface area contributed by atoms with Crippen molar-refractivity contribution in [2.75, 3.05) is 26.3 Å². The van der Waals surface area contributed by atoms with Gasteiger partial charge in [0.1, 0.15) is 28.6 Å². The van der Waals surface area contributed by atoms with Crippen molar-refractivity contribution in [1.82, 2.24) is 20.5 Å². The van der Waals surface area contributed by atoms with Crippen molar-refractivity contribution in [3.63, 3.8) is 0 Å². The first-order valence-corrected chi connectivity index (χ1v) is 16.2. The fourth-order valence-electron chi connectivity index (χ4n) is 6.24. The van der Waals surface area contributed by atoms with E-state index in [-0.39, 0.29) is 46.5 Å². The Balaban J connectivity index is 1.11. The van der Waals surface area contributed by atoms with Crippen LogP contribution in [0.1, 0.15) is 57.5 Å². The molecule has 1 saturated carbocycles. The van der Waals surface area contributed by atoms with Gasteiger partial charge >= 0.3 is 0 Å². The molecule has 10 nitrogen and oxygen atoms in total. The van der Waals surface area contributed by atoms with Crippen molar-refractivity contribution in [3.8, 4) is 34.3 Å². The van der Waals surface area contributed by atoms with Gasteiger partial charge < -0.3 is 30.3 Å². The summed E-state index contributed by atoms with van der Waals surface area (Å²) < 4.78 is 25.9. The van der Waals surface area contributed by atoms with Crippen LogP contribution in [-0.2, 0) is 11.3 Å². The van der Waals surface area contributed by atoms with Crippen LogP contribution in [0.4, 0.5) is 4.39 Å². The molecular weight excluding hydrogens is 615 g/mol. The van der Waals surface area contributed by atoms with Gasteiger partial charge in [0.25, 0.3) is 11.8 Å². The van der Waals surface area contributed by atoms with Gasteiger partial charge in [0.2, 0.25) is 5.88 Å². The second-order valence-corrected chi connectivity index (χ2v) is 12.4. The minimum atomic E-state index is -0.663. The number of hydrogen-bond donors (Lipinski definition) is 4. The molecule has 0 atom stereocenters. The quantitative estimate of drug-likeness (QED) is 0.181. The molecule has 4 aromatic rings. The Morgan fingerprint density at radius 1 is 0.917 bits per heavy atom. The summed E-state index contributed by atoms with van der Waals surface area (Å²) in [5, 5.41) is 26.3. The number of hydrogen-bond acceptors (Lipinski definition) is 8. The molecule has 2 aliphatic rings. The van der Waals surface area contributed by atoms with Gasteiger partial charge in [0.05, 0.1) is 25.0 Å². The summed E-state index contributed by atoms with van der Waals surface area (Å²) in [4.78, 5) is 32.5. The highest BCUT2D eigenvalue weighted by atomic mass is 19.1. The first-order valence-electron chi connectivity index (χ1n) is 16.2. The predicted octanol–water partition coefficient (Wildman–Crippen LogP) is 5.70. The van der Waals surface area contributed by atoms with Gasteiger partial charge in [-0.3, -0.25) is 14.5 Å². The molecule has 1 aliphatic heterocycles. The number of phenolic OH excluding ortho intramolecular Hbond substituents is 2. The van der Waals surface area contributed by atoms with Crippen LogP contribution in [0.3, 0.4) is 0 Å². The molecule has 0 bridgehead atoms. The standard InChI is InChI=1S/C37H39FN4O6/c1-23-5-12-34(44)32(17-23)35(45)40-27-6-8-28(9-7-27)41-36(46)33-20-26(38)21-39-37(33)48-30-4-2-3-24(19-30)31-11-10-29(43)18-25(31)22-42-13-15-47-16-14-42/h2-5,10-12,17-21,27-28,43-44H,6-9,13-16,22H2,1H3,(H,40,45)(H,41,46)/t27-,28-. The number of carbonyl (C=O) groups excluding carboxylic acids is 2. The lowest BCUT2D eigenvalue weighted by molar-refractivity contribution is 0.0342. The van der Waals surface area contributed by atoms with Crippen LogP contribution in [0.15, 0.2) is 72.9 Å². The number of ether oxygens (including phenoxy) is 2. The molecule has 1 aliphatic carbocycles. The second kappa shape index (κ2) is 14.8. The number of pyridine rings is 1. The molecule has 250 valence electrons. The SMILES string of the molecule is Cc1ccc(O)c(C(=O)N[C@H]2CC[C@H](NC(=O)c3cc(F)cnc3Oc3cccc(-c4ccc(O)cc4CN4CCOCC4)c3)CC2)c1. The van der Waals surface area contributed by atoms with Crippen LogP contribution in [0.25, 0.3) is 11.1 Å². The Hall–Kier alpha value is -5.00. The number of carbonyl (C=O) groups is 2. The minimum Gasteiger partial charge on any atom is -0.508 e. The zero-order chi connectivity index (χ0) is 33.6. The normalized spacial score (nSPS) is 18.2. The summed E-state index contributed by atoms with van der Waals surface area (Å²) in [5.74, 6) is -0.992. The van der Waals surface area contributed by atoms with Gasteiger partial charge in [0.15, 0.2) is 0 Å². The van der Waals surface area contributed by atoms with Crippen LogP contribution in [0.2, 0.25) is 0 Å². The molecule has 1 aromatic heterocycles. The number of halogens is 1. The average Bonchev–Trinajstić information content (AvgIpc) is 3.08. The van der Waals surface area contributed by atoms with Crippen molar-refractivity contribution in [3.05, 3.63) is 101 Å². The highest BCUT2D eigenvalue weighted by molar-refractivity contribution is 5.97. The van der Waals surface area contributed by atoms with Gasteiger partial charge in [-0.2, -0.15) is 0 Å². The van der Waals surface area contributed by atoms with Gasteiger partial charge in [0, 0.05) is 31.7 Å². The Labute approximate surface area is 278 Å². The van der Waals surface area contributed by atoms with Crippen LogP contribution >= 0.6 is 0 Å². The minimum absolute atomic E-state index is 0.0239. The Morgan fingerprint density at radius 2 is 1.62 bits per heavy atom. The van der Waals surface area contributed by atoms with E-state index in [1.807, 2.05) is 31.2 Å². The Bertz CT molecular complexity index is 1790. The number of amides is 2. The topological polar surface area (TPSA) is 133 Å². The average molecular weight is 655 g/mol. The monoisotopic (exact) mass is 654 g/mol. The van der Waals surface area contributed by atoms with Gasteiger partial charge in [-0.1, -0.05) is 29.8 Å². The molecule has 11 heteroatoms. The van der Waals surface area contributed by atoms with Crippen molar-refractivity contribution in [2.24, 2.45) is 0 Å². The maximum Gasteiger partial charge on any atom is 0.257 e. The molecule has 1 saturated heterocycles. The van der Waals surface area contributed by atoms with E-state index in [0.717, 1.165) is 47.6 Å². The third kappa shape index (κ3) is 8.10. The molecule has 48 heavy (non-hydrogen) atoms. The van der Waals surface area contributed by atoms with E-state index >= 15 is 0 Å². The van der Waals surface area contributed by atoms with E-state index in [1.165, 1.54) is 6.07 Å². The van der Waals surface area contributed by atoms with E-state index in [2.05, 4.69) is 20.5 Å².